The highest BCUT2D eigenvalue weighted by Gasteiger charge is 2.01. The standard InChI is InChI=1S/C10H14O4/c1-8(14-10(3)12)6-4-5-7-13-9(2)11/h8H,6-7H2,1-3H3. The summed E-state index contributed by atoms with van der Waals surface area (Å²) in [7, 11) is 0. The Hall–Kier alpha value is -1.50. The van der Waals surface area contributed by atoms with Gasteiger partial charge in [-0.3, -0.25) is 9.59 Å². The van der Waals surface area contributed by atoms with Crippen LogP contribution >= 0.6 is 0 Å². The molecule has 0 aromatic carbocycles. The second-order valence-corrected chi connectivity index (χ2v) is 2.76. The van der Waals surface area contributed by atoms with Crippen molar-refractivity contribution in [3.05, 3.63) is 0 Å². The Bertz CT molecular complexity index is 259. The number of rotatable bonds is 3. The molecule has 0 fully saturated rings. The molecular formula is C10H14O4. The molecule has 0 saturated carbocycles. The molecule has 0 N–H and O–H groups in total. The summed E-state index contributed by atoms with van der Waals surface area (Å²) in [6, 6.07) is 0. The number of carbonyl (C=O) groups excluding carboxylic acids is 2. The number of hydrogen-bond donors (Lipinski definition) is 0. The fourth-order valence-electron chi connectivity index (χ4n) is 0.730. The van der Waals surface area contributed by atoms with E-state index in [1.807, 2.05) is 0 Å². The average Bonchev–Trinajstić information content (AvgIpc) is 2.01. The molecule has 0 saturated heterocycles. The summed E-state index contributed by atoms with van der Waals surface area (Å²) in [4.78, 5) is 20.8. The van der Waals surface area contributed by atoms with E-state index in [9.17, 15) is 9.59 Å². The maximum atomic E-state index is 10.5. The van der Waals surface area contributed by atoms with Crippen molar-refractivity contribution >= 4 is 11.9 Å². The van der Waals surface area contributed by atoms with Crippen LogP contribution in [0.4, 0.5) is 0 Å². The fourth-order valence-corrected chi connectivity index (χ4v) is 0.730. The van der Waals surface area contributed by atoms with Crippen molar-refractivity contribution in [3.63, 3.8) is 0 Å². The van der Waals surface area contributed by atoms with Gasteiger partial charge < -0.3 is 9.47 Å². The Balaban J connectivity index is 3.59. The Labute approximate surface area is 83.6 Å². The van der Waals surface area contributed by atoms with Gasteiger partial charge in [0, 0.05) is 20.3 Å². The molecule has 0 aliphatic heterocycles. The Morgan fingerprint density at radius 2 is 1.86 bits per heavy atom. The third-order valence-electron chi connectivity index (χ3n) is 1.23. The van der Waals surface area contributed by atoms with E-state index in [2.05, 4.69) is 16.6 Å². The molecule has 1 atom stereocenters. The molecule has 0 aromatic heterocycles. The van der Waals surface area contributed by atoms with E-state index in [-0.39, 0.29) is 24.6 Å². The highest BCUT2D eigenvalue weighted by atomic mass is 16.5. The van der Waals surface area contributed by atoms with Crippen molar-refractivity contribution in [1.82, 2.24) is 0 Å². The molecule has 0 aliphatic rings. The van der Waals surface area contributed by atoms with Crippen molar-refractivity contribution in [3.8, 4) is 11.8 Å². The van der Waals surface area contributed by atoms with Crippen LogP contribution in [0.1, 0.15) is 27.2 Å². The van der Waals surface area contributed by atoms with E-state index in [0.29, 0.717) is 6.42 Å². The van der Waals surface area contributed by atoms with E-state index >= 15 is 0 Å². The first-order valence-corrected chi connectivity index (χ1v) is 4.28. The molecule has 0 bridgehead atoms. The van der Waals surface area contributed by atoms with Gasteiger partial charge in [-0.15, -0.1) is 0 Å². The molecule has 4 nitrogen and oxygen atoms in total. The van der Waals surface area contributed by atoms with E-state index in [1.165, 1.54) is 13.8 Å². The summed E-state index contributed by atoms with van der Waals surface area (Å²) in [6.07, 6.45) is 0.221. The lowest BCUT2D eigenvalue weighted by molar-refractivity contribution is -0.145. The molecule has 0 rings (SSSR count). The molecular weight excluding hydrogens is 184 g/mol. The highest BCUT2D eigenvalue weighted by Crippen LogP contribution is 1.95. The van der Waals surface area contributed by atoms with Gasteiger partial charge in [-0.2, -0.15) is 0 Å². The zero-order valence-corrected chi connectivity index (χ0v) is 8.62. The fraction of sp³-hybridized carbons (Fsp3) is 0.600. The average molecular weight is 198 g/mol. The van der Waals surface area contributed by atoms with Crippen molar-refractivity contribution < 1.29 is 19.1 Å². The maximum Gasteiger partial charge on any atom is 0.303 e. The van der Waals surface area contributed by atoms with Crippen LogP contribution < -0.4 is 0 Å². The van der Waals surface area contributed by atoms with Gasteiger partial charge in [-0.1, -0.05) is 11.8 Å². The van der Waals surface area contributed by atoms with E-state index in [0.717, 1.165) is 0 Å². The summed E-state index contributed by atoms with van der Waals surface area (Å²) in [6.45, 7) is 4.51. The van der Waals surface area contributed by atoms with Crippen molar-refractivity contribution in [1.29, 1.82) is 0 Å². The van der Waals surface area contributed by atoms with Gasteiger partial charge in [0.25, 0.3) is 0 Å². The van der Waals surface area contributed by atoms with Crippen LogP contribution in [0, 0.1) is 11.8 Å². The zero-order chi connectivity index (χ0) is 11.0. The second-order valence-electron chi connectivity index (χ2n) is 2.76. The molecule has 0 spiro atoms. The first kappa shape index (κ1) is 12.5. The summed E-state index contributed by atoms with van der Waals surface area (Å²) < 4.78 is 9.41. The normalized spacial score (nSPS) is 10.8. The second kappa shape index (κ2) is 6.96. The Kier molecular flexibility index (Phi) is 6.21. The molecule has 0 aliphatic carbocycles. The van der Waals surface area contributed by atoms with Gasteiger partial charge in [0.2, 0.25) is 0 Å². The lowest BCUT2D eigenvalue weighted by atomic mass is 10.3. The molecule has 14 heavy (non-hydrogen) atoms. The summed E-state index contributed by atoms with van der Waals surface area (Å²) >= 11 is 0. The van der Waals surface area contributed by atoms with Crippen molar-refractivity contribution in [2.75, 3.05) is 6.61 Å². The molecule has 0 aromatic rings. The molecule has 78 valence electrons. The summed E-state index contributed by atoms with van der Waals surface area (Å²) in [5.41, 5.74) is 0. The minimum Gasteiger partial charge on any atom is -0.462 e. The number of carbonyl (C=O) groups is 2. The van der Waals surface area contributed by atoms with Gasteiger partial charge in [-0.25, -0.2) is 0 Å². The van der Waals surface area contributed by atoms with Gasteiger partial charge in [-0.05, 0) is 6.92 Å². The third kappa shape index (κ3) is 8.60. The van der Waals surface area contributed by atoms with Crippen LogP contribution in [0.2, 0.25) is 0 Å². The maximum absolute atomic E-state index is 10.5. The van der Waals surface area contributed by atoms with E-state index in [1.54, 1.807) is 6.92 Å². The third-order valence-corrected chi connectivity index (χ3v) is 1.23. The van der Waals surface area contributed by atoms with Crippen molar-refractivity contribution in [2.24, 2.45) is 0 Å². The highest BCUT2D eigenvalue weighted by molar-refractivity contribution is 5.66. The number of ether oxygens (including phenoxy) is 2. The van der Waals surface area contributed by atoms with Crippen LogP contribution in [0.15, 0.2) is 0 Å². The monoisotopic (exact) mass is 198 g/mol. The first-order chi connectivity index (χ1) is 6.52. The number of esters is 2. The molecule has 0 amide bonds. The zero-order valence-electron chi connectivity index (χ0n) is 8.62. The smallest absolute Gasteiger partial charge is 0.303 e. The van der Waals surface area contributed by atoms with Gasteiger partial charge in [0.05, 0.1) is 0 Å². The van der Waals surface area contributed by atoms with Gasteiger partial charge in [0.1, 0.15) is 6.10 Å². The number of hydrogen-bond acceptors (Lipinski definition) is 4. The van der Waals surface area contributed by atoms with Crippen LogP contribution in [0.3, 0.4) is 0 Å². The van der Waals surface area contributed by atoms with Crippen LogP contribution in [0.25, 0.3) is 0 Å². The summed E-state index contributed by atoms with van der Waals surface area (Å²) in [5, 5.41) is 0. The molecule has 0 radical (unpaired) electrons. The largest absolute Gasteiger partial charge is 0.462 e. The first-order valence-electron chi connectivity index (χ1n) is 4.28. The SMILES string of the molecule is CC(=O)OCC#CCC(C)OC(C)=O. The lowest BCUT2D eigenvalue weighted by Gasteiger charge is -2.06. The van der Waals surface area contributed by atoms with Crippen LogP contribution in [-0.4, -0.2) is 24.6 Å². The molecule has 1 unspecified atom stereocenters. The van der Waals surface area contributed by atoms with Gasteiger partial charge >= 0.3 is 11.9 Å². The van der Waals surface area contributed by atoms with Crippen molar-refractivity contribution in [2.45, 2.75) is 33.3 Å². The van der Waals surface area contributed by atoms with E-state index in [4.69, 9.17) is 4.74 Å². The Morgan fingerprint density at radius 1 is 1.21 bits per heavy atom. The topological polar surface area (TPSA) is 52.6 Å². The van der Waals surface area contributed by atoms with Crippen LogP contribution in [-0.2, 0) is 19.1 Å². The van der Waals surface area contributed by atoms with Crippen LogP contribution in [0.5, 0.6) is 0 Å². The predicted molar refractivity (Wildman–Crippen MR) is 50.3 cm³/mol. The van der Waals surface area contributed by atoms with Gasteiger partial charge in [0.15, 0.2) is 6.61 Å². The van der Waals surface area contributed by atoms with E-state index < -0.39 is 0 Å². The quantitative estimate of drug-likeness (QED) is 0.499. The Morgan fingerprint density at radius 3 is 2.36 bits per heavy atom. The minimum absolute atomic E-state index is 0.0854. The molecule has 0 heterocycles. The summed E-state index contributed by atoms with van der Waals surface area (Å²) in [5.74, 6) is 4.70. The minimum atomic E-state index is -0.354. The predicted octanol–water partition coefficient (Wildman–Crippen LogP) is 0.895. The lowest BCUT2D eigenvalue weighted by Crippen LogP contribution is -2.11. The molecule has 4 heteroatoms.